The molecule has 0 aromatic heterocycles. The fraction of sp³-hybridized carbons (Fsp3) is 0.714. The molecular weight excluding hydrogens is 420 g/mol. The lowest BCUT2D eigenvalue weighted by molar-refractivity contribution is -0.144. The predicted molar refractivity (Wildman–Crippen MR) is 96.1 cm³/mol. The molecular formula is C14H30N2O14. The van der Waals surface area contributed by atoms with Crippen LogP contribution in [0.5, 0.6) is 0 Å². The Bertz CT molecular complexity index is 426. The van der Waals surface area contributed by atoms with Gasteiger partial charge in [-0.25, -0.2) is 0 Å². The Kier molecular flexibility index (Phi) is 26.7. The maximum absolute atomic E-state index is 9.85. The summed E-state index contributed by atoms with van der Waals surface area (Å²) >= 11 is 0. The topological polar surface area (TPSA) is 323 Å². The second-order valence-electron chi connectivity index (χ2n) is 5.12. The van der Waals surface area contributed by atoms with Gasteiger partial charge in [0.2, 0.25) is 0 Å². The molecule has 0 aliphatic rings. The molecule has 0 unspecified atom stereocenters. The molecule has 2 atom stereocenters. The molecule has 0 aromatic carbocycles. The van der Waals surface area contributed by atoms with Gasteiger partial charge in [0.1, 0.15) is 24.3 Å². The van der Waals surface area contributed by atoms with Gasteiger partial charge in [-0.3, -0.25) is 19.2 Å². The van der Waals surface area contributed by atoms with Gasteiger partial charge in [-0.1, -0.05) is 0 Å². The zero-order chi connectivity index (χ0) is 24.9. The maximum atomic E-state index is 9.85. The van der Waals surface area contributed by atoms with Crippen molar-refractivity contribution in [1.82, 2.24) is 0 Å². The van der Waals surface area contributed by atoms with Crippen molar-refractivity contribution >= 4 is 23.9 Å². The largest absolute Gasteiger partial charge is 0.481 e. The molecule has 0 amide bonds. The fourth-order valence-corrected chi connectivity index (χ4v) is 0.666. The lowest BCUT2D eigenvalue weighted by Crippen LogP contribution is -2.32. The van der Waals surface area contributed by atoms with Gasteiger partial charge in [-0.05, 0) is 0 Å². The second-order valence-corrected chi connectivity index (χ2v) is 5.12. The zero-order valence-electron chi connectivity index (χ0n) is 15.8. The number of carboxylic acids is 4. The van der Waals surface area contributed by atoms with Crippen LogP contribution in [-0.2, 0) is 19.2 Å². The number of aliphatic hydroxyl groups excluding tert-OH is 6. The molecule has 0 saturated carbocycles. The minimum absolute atomic E-state index is 0.365. The number of rotatable bonds is 10. The first kappa shape index (κ1) is 35.0. The Balaban J connectivity index is -0.000000153. The Hall–Kier alpha value is -2.44. The van der Waals surface area contributed by atoms with E-state index in [0.717, 1.165) is 0 Å². The molecule has 180 valence electrons. The van der Waals surface area contributed by atoms with Crippen molar-refractivity contribution in [2.45, 2.75) is 37.1 Å². The van der Waals surface area contributed by atoms with Crippen molar-refractivity contribution in [3.63, 3.8) is 0 Å². The van der Waals surface area contributed by atoms with Crippen molar-refractivity contribution in [2.75, 3.05) is 26.4 Å². The molecule has 0 heterocycles. The number of nitrogens with two attached hydrogens (primary N) is 2. The number of carbonyl (C=O) groups is 4. The third kappa shape index (κ3) is 33.2. The van der Waals surface area contributed by atoms with Gasteiger partial charge >= 0.3 is 23.9 Å². The van der Waals surface area contributed by atoms with E-state index in [9.17, 15) is 19.2 Å². The summed E-state index contributed by atoms with van der Waals surface area (Å²) in [5, 5.41) is 80.1. The molecule has 30 heavy (non-hydrogen) atoms. The van der Waals surface area contributed by atoms with Crippen molar-refractivity contribution in [3.8, 4) is 0 Å². The highest BCUT2D eigenvalue weighted by Gasteiger charge is 2.15. The zero-order valence-corrected chi connectivity index (χ0v) is 15.8. The van der Waals surface area contributed by atoms with Crippen LogP contribution in [0.1, 0.15) is 12.8 Å². The molecule has 0 spiro atoms. The van der Waals surface area contributed by atoms with E-state index in [2.05, 4.69) is 0 Å². The van der Waals surface area contributed by atoms with Gasteiger partial charge in [-0.15, -0.1) is 0 Å². The highest BCUT2D eigenvalue weighted by atomic mass is 16.4. The summed E-state index contributed by atoms with van der Waals surface area (Å²) in [6, 6.07) is -2.58. The summed E-state index contributed by atoms with van der Waals surface area (Å²) in [7, 11) is 0. The van der Waals surface area contributed by atoms with Crippen LogP contribution in [0, 0.1) is 0 Å². The van der Waals surface area contributed by atoms with Crippen molar-refractivity contribution in [1.29, 1.82) is 0 Å². The minimum atomic E-state index is -1.29. The van der Waals surface area contributed by atoms with E-state index in [0.29, 0.717) is 0 Å². The summed E-state index contributed by atoms with van der Waals surface area (Å²) in [6.45, 7) is -1.46. The van der Waals surface area contributed by atoms with Crippen LogP contribution in [0.15, 0.2) is 0 Å². The van der Waals surface area contributed by atoms with Crippen molar-refractivity contribution in [3.05, 3.63) is 0 Å². The van der Waals surface area contributed by atoms with Crippen LogP contribution in [0.3, 0.4) is 0 Å². The summed E-state index contributed by atoms with van der Waals surface area (Å²) in [5.74, 6) is -5.00. The number of carboxylic acid groups (broad SMARTS) is 4. The average Bonchev–Trinajstić information content (AvgIpc) is 2.66. The summed E-state index contributed by atoms with van der Waals surface area (Å²) < 4.78 is 0. The van der Waals surface area contributed by atoms with Gasteiger partial charge in [0.25, 0.3) is 0 Å². The van der Waals surface area contributed by atoms with Crippen LogP contribution >= 0.6 is 0 Å². The Morgan fingerprint density at radius 2 is 0.767 bits per heavy atom. The molecule has 0 aliphatic heterocycles. The molecule has 0 fully saturated rings. The lowest BCUT2D eigenvalue weighted by atomic mass is 10.2. The summed E-state index contributed by atoms with van der Waals surface area (Å²) in [6.07, 6.45) is -2.97. The second kappa shape index (κ2) is 22.8. The highest BCUT2D eigenvalue weighted by molar-refractivity contribution is 5.80. The predicted octanol–water partition coefficient (Wildman–Crippen LogP) is -5.59. The molecule has 0 aliphatic carbocycles. The number of aliphatic carboxylic acids is 4. The van der Waals surface area contributed by atoms with Crippen molar-refractivity contribution < 1.29 is 70.2 Å². The molecule has 0 rings (SSSR count). The smallest absolute Gasteiger partial charge is 0.321 e. The maximum Gasteiger partial charge on any atom is 0.321 e. The van der Waals surface area contributed by atoms with Crippen molar-refractivity contribution in [2.24, 2.45) is 11.5 Å². The summed E-state index contributed by atoms with van der Waals surface area (Å²) in [4.78, 5) is 39.2. The number of aliphatic hydroxyl groups is 6. The van der Waals surface area contributed by atoms with E-state index in [1.807, 2.05) is 0 Å². The number of hydrogen-bond acceptors (Lipinski definition) is 12. The van der Waals surface area contributed by atoms with E-state index in [1.165, 1.54) is 0 Å². The Labute approximate surface area is 170 Å². The van der Waals surface area contributed by atoms with Gasteiger partial charge in [0.15, 0.2) is 0 Å². The van der Waals surface area contributed by atoms with Crippen LogP contribution < -0.4 is 11.5 Å². The molecule has 0 aromatic rings. The van der Waals surface area contributed by atoms with E-state index in [4.69, 9.17) is 62.5 Å². The lowest BCUT2D eigenvalue weighted by Gasteiger charge is -1.99. The fourth-order valence-electron chi connectivity index (χ4n) is 0.666. The van der Waals surface area contributed by atoms with E-state index < -0.39 is 61.0 Å². The van der Waals surface area contributed by atoms with Gasteiger partial charge < -0.3 is 62.5 Å². The quantitative estimate of drug-likeness (QED) is 0.147. The molecule has 0 radical (unpaired) electrons. The molecule has 0 bridgehead atoms. The standard InChI is InChI=1S/2C4H7NO4.2C3H8O3/c2*5-2(4(8)9)1-3(6)7;2*4-1-3(6)2-5/h2*2H,1,5H2,(H,6,7)(H,8,9);2*3-6H,1-2H2/t2*2-;;/m00../s1. The number of hydrogen-bond donors (Lipinski definition) is 12. The SMILES string of the molecule is N[C@@H](CC(=O)O)C(=O)O.N[C@@H](CC(=O)O)C(=O)O.OCC(O)CO.OCC(O)CO. The van der Waals surface area contributed by atoms with Gasteiger partial charge in [-0.2, -0.15) is 0 Å². The first-order valence-electron chi connectivity index (χ1n) is 7.89. The molecule has 14 N–H and O–H groups in total. The van der Waals surface area contributed by atoms with Crippen LogP contribution in [-0.4, -0.2) is 126 Å². The first-order chi connectivity index (χ1) is 13.7. The molecule has 16 heteroatoms. The van der Waals surface area contributed by atoms with Crippen LogP contribution in [0.4, 0.5) is 0 Å². The minimum Gasteiger partial charge on any atom is -0.481 e. The molecule has 16 nitrogen and oxygen atoms in total. The average molecular weight is 450 g/mol. The van der Waals surface area contributed by atoms with Crippen LogP contribution in [0.25, 0.3) is 0 Å². The Morgan fingerprint density at radius 3 is 0.800 bits per heavy atom. The van der Waals surface area contributed by atoms with Gasteiger partial charge in [0, 0.05) is 0 Å². The molecule has 0 saturated heterocycles. The van der Waals surface area contributed by atoms with E-state index in [1.54, 1.807) is 0 Å². The van der Waals surface area contributed by atoms with Crippen LogP contribution in [0.2, 0.25) is 0 Å². The summed E-state index contributed by atoms with van der Waals surface area (Å²) in [5.41, 5.74) is 9.67. The normalized spacial score (nSPS) is 11.5. The Morgan fingerprint density at radius 1 is 0.567 bits per heavy atom. The monoisotopic (exact) mass is 450 g/mol. The van der Waals surface area contributed by atoms with E-state index >= 15 is 0 Å². The third-order valence-corrected chi connectivity index (χ3v) is 2.27. The van der Waals surface area contributed by atoms with Gasteiger partial charge in [0.05, 0.1) is 39.3 Å². The first-order valence-corrected chi connectivity index (χ1v) is 7.89. The van der Waals surface area contributed by atoms with E-state index in [-0.39, 0.29) is 26.4 Å². The highest BCUT2D eigenvalue weighted by Crippen LogP contribution is 1.86. The third-order valence-electron chi connectivity index (χ3n) is 2.27.